The van der Waals surface area contributed by atoms with Gasteiger partial charge in [0.1, 0.15) is 0 Å². The Bertz CT molecular complexity index is 275. The summed E-state index contributed by atoms with van der Waals surface area (Å²) >= 11 is 2.01. The standard InChI is InChI=1S/C14H28N2O3S/c1-17-7-8-18-5-3-13(16-15)12-2-6-19-14(10-12)4-9-20-11-14/h12-13,16H,2-11,15H2,1H3. The third-order valence-electron chi connectivity index (χ3n) is 4.39. The third-order valence-corrected chi connectivity index (χ3v) is 5.61. The largest absolute Gasteiger partial charge is 0.382 e. The van der Waals surface area contributed by atoms with Crippen molar-refractivity contribution in [2.75, 3.05) is 45.0 Å². The van der Waals surface area contributed by atoms with Crippen LogP contribution in [0.5, 0.6) is 0 Å². The summed E-state index contributed by atoms with van der Waals surface area (Å²) in [6.07, 6.45) is 4.37. The highest BCUT2D eigenvalue weighted by Gasteiger charge is 2.42. The first-order valence-electron chi connectivity index (χ1n) is 7.54. The maximum Gasteiger partial charge on any atom is 0.0783 e. The zero-order valence-corrected chi connectivity index (χ0v) is 13.3. The number of nitrogens with two attached hydrogens (primary N) is 1. The van der Waals surface area contributed by atoms with Gasteiger partial charge in [-0.25, -0.2) is 0 Å². The van der Waals surface area contributed by atoms with Crippen molar-refractivity contribution in [3.05, 3.63) is 0 Å². The molecular weight excluding hydrogens is 276 g/mol. The van der Waals surface area contributed by atoms with Gasteiger partial charge in [-0.2, -0.15) is 11.8 Å². The first-order chi connectivity index (χ1) is 9.79. The summed E-state index contributed by atoms with van der Waals surface area (Å²) in [6, 6.07) is 0.323. The van der Waals surface area contributed by atoms with Gasteiger partial charge in [-0.05, 0) is 37.4 Å². The van der Waals surface area contributed by atoms with Crippen molar-refractivity contribution < 1.29 is 14.2 Å². The molecule has 0 aliphatic carbocycles. The molecule has 0 saturated carbocycles. The van der Waals surface area contributed by atoms with E-state index in [0.717, 1.165) is 38.2 Å². The Hall–Kier alpha value is 0.150. The Kier molecular flexibility index (Phi) is 7.07. The van der Waals surface area contributed by atoms with Crippen LogP contribution in [0.25, 0.3) is 0 Å². The summed E-state index contributed by atoms with van der Waals surface area (Å²) in [7, 11) is 1.69. The SMILES string of the molecule is COCCOCCC(NN)C1CCOC2(CCSC2)C1. The Labute approximate surface area is 126 Å². The van der Waals surface area contributed by atoms with Crippen LogP contribution in [0.1, 0.15) is 25.7 Å². The molecule has 0 bridgehead atoms. The van der Waals surface area contributed by atoms with Gasteiger partial charge < -0.3 is 14.2 Å². The van der Waals surface area contributed by atoms with Crippen LogP contribution in [-0.4, -0.2) is 56.7 Å². The average Bonchev–Trinajstić information content (AvgIpc) is 2.91. The molecule has 3 atom stereocenters. The molecule has 2 rings (SSSR count). The number of rotatable bonds is 8. The van der Waals surface area contributed by atoms with Gasteiger partial charge in [0, 0.05) is 32.1 Å². The molecule has 2 heterocycles. The van der Waals surface area contributed by atoms with Crippen molar-refractivity contribution in [2.24, 2.45) is 11.8 Å². The van der Waals surface area contributed by atoms with E-state index in [-0.39, 0.29) is 5.60 Å². The first-order valence-corrected chi connectivity index (χ1v) is 8.70. The lowest BCUT2D eigenvalue weighted by molar-refractivity contribution is -0.0866. The fourth-order valence-electron chi connectivity index (χ4n) is 3.18. The van der Waals surface area contributed by atoms with Crippen LogP contribution >= 0.6 is 11.8 Å². The van der Waals surface area contributed by atoms with E-state index < -0.39 is 0 Å². The molecular formula is C14H28N2O3S. The molecule has 2 aliphatic heterocycles. The first kappa shape index (κ1) is 16.5. The van der Waals surface area contributed by atoms with Crippen LogP contribution in [0, 0.1) is 5.92 Å². The van der Waals surface area contributed by atoms with Crippen LogP contribution in [0.2, 0.25) is 0 Å². The summed E-state index contributed by atoms with van der Waals surface area (Å²) in [4.78, 5) is 0. The number of nitrogens with one attached hydrogen (secondary N) is 1. The minimum absolute atomic E-state index is 0.125. The lowest BCUT2D eigenvalue weighted by atomic mass is 9.80. The summed E-state index contributed by atoms with van der Waals surface area (Å²) in [5.41, 5.74) is 3.12. The van der Waals surface area contributed by atoms with Crippen LogP contribution in [0.15, 0.2) is 0 Å². The predicted octanol–water partition coefficient (Wildman–Crippen LogP) is 1.17. The van der Waals surface area contributed by atoms with Crippen molar-refractivity contribution in [3.8, 4) is 0 Å². The van der Waals surface area contributed by atoms with Crippen LogP contribution in [0.3, 0.4) is 0 Å². The smallest absolute Gasteiger partial charge is 0.0783 e. The Morgan fingerprint density at radius 3 is 3.05 bits per heavy atom. The zero-order chi connectivity index (χ0) is 14.3. The normalized spacial score (nSPS) is 31.8. The summed E-state index contributed by atoms with van der Waals surface area (Å²) in [6.45, 7) is 2.91. The highest BCUT2D eigenvalue weighted by atomic mass is 32.2. The zero-order valence-electron chi connectivity index (χ0n) is 12.4. The number of ether oxygens (including phenoxy) is 3. The van der Waals surface area contributed by atoms with Gasteiger partial charge in [-0.3, -0.25) is 11.3 Å². The molecule has 2 aliphatic rings. The van der Waals surface area contributed by atoms with Gasteiger partial charge >= 0.3 is 0 Å². The third kappa shape index (κ3) is 4.58. The molecule has 0 aromatic rings. The molecule has 3 unspecified atom stereocenters. The fourth-order valence-corrected chi connectivity index (χ4v) is 4.56. The van der Waals surface area contributed by atoms with Crippen molar-refractivity contribution in [1.82, 2.24) is 5.43 Å². The topological polar surface area (TPSA) is 65.7 Å². The monoisotopic (exact) mass is 304 g/mol. The molecule has 2 saturated heterocycles. The molecule has 0 aromatic carbocycles. The number of hydrogen-bond acceptors (Lipinski definition) is 6. The van der Waals surface area contributed by atoms with E-state index in [2.05, 4.69) is 5.43 Å². The second-order valence-corrected chi connectivity index (χ2v) is 6.86. The molecule has 118 valence electrons. The van der Waals surface area contributed by atoms with Crippen molar-refractivity contribution in [1.29, 1.82) is 0 Å². The van der Waals surface area contributed by atoms with E-state index in [4.69, 9.17) is 20.1 Å². The predicted molar refractivity (Wildman–Crippen MR) is 81.8 cm³/mol. The molecule has 1 spiro atoms. The Morgan fingerprint density at radius 1 is 1.45 bits per heavy atom. The van der Waals surface area contributed by atoms with E-state index in [0.29, 0.717) is 25.2 Å². The van der Waals surface area contributed by atoms with Crippen molar-refractivity contribution in [2.45, 2.75) is 37.3 Å². The lowest BCUT2D eigenvalue weighted by Gasteiger charge is -2.40. The van der Waals surface area contributed by atoms with Crippen LogP contribution in [-0.2, 0) is 14.2 Å². The van der Waals surface area contributed by atoms with Crippen LogP contribution in [0.4, 0.5) is 0 Å². The van der Waals surface area contributed by atoms with Crippen molar-refractivity contribution >= 4 is 11.8 Å². The molecule has 0 radical (unpaired) electrons. The van der Waals surface area contributed by atoms with Crippen LogP contribution < -0.4 is 11.3 Å². The van der Waals surface area contributed by atoms with Crippen molar-refractivity contribution in [3.63, 3.8) is 0 Å². The van der Waals surface area contributed by atoms with Gasteiger partial charge in [0.2, 0.25) is 0 Å². The number of hydrazine groups is 1. The minimum Gasteiger partial charge on any atom is -0.382 e. The second kappa shape index (κ2) is 8.56. The Balaban J connectivity index is 1.75. The second-order valence-electron chi connectivity index (χ2n) is 5.75. The highest BCUT2D eigenvalue weighted by Crippen LogP contribution is 2.41. The maximum absolute atomic E-state index is 6.07. The molecule has 2 fully saturated rings. The molecule has 3 N–H and O–H groups in total. The van der Waals surface area contributed by atoms with Gasteiger partial charge in [0.05, 0.1) is 18.8 Å². The molecule has 0 aromatic heterocycles. The molecule has 0 amide bonds. The molecule has 5 nitrogen and oxygen atoms in total. The van der Waals surface area contributed by atoms with E-state index in [1.807, 2.05) is 11.8 Å². The van der Waals surface area contributed by atoms with Gasteiger partial charge in [0.15, 0.2) is 0 Å². The molecule has 6 heteroatoms. The summed E-state index contributed by atoms with van der Waals surface area (Å²) < 4.78 is 16.6. The summed E-state index contributed by atoms with van der Waals surface area (Å²) in [5.74, 6) is 8.72. The highest BCUT2D eigenvalue weighted by molar-refractivity contribution is 7.99. The van der Waals surface area contributed by atoms with Gasteiger partial charge in [-0.15, -0.1) is 0 Å². The maximum atomic E-state index is 6.07. The quantitative estimate of drug-likeness (QED) is 0.399. The van der Waals surface area contributed by atoms with E-state index in [1.54, 1.807) is 7.11 Å². The number of thioether (sulfide) groups is 1. The fraction of sp³-hybridized carbons (Fsp3) is 1.00. The Morgan fingerprint density at radius 2 is 2.35 bits per heavy atom. The average molecular weight is 304 g/mol. The number of hydrogen-bond donors (Lipinski definition) is 2. The molecule has 20 heavy (non-hydrogen) atoms. The minimum atomic E-state index is 0.125. The lowest BCUT2D eigenvalue weighted by Crippen LogP contribution is -2.49. The van der Waals surface area contributed by atoms with Gasteiger partial charge in [-0.1, -0.05) is 0 Å². The van der Waals surface area contributed by atoms with E-state index >= 15 is 0 Å². The number of methoxy groups -OCH3 is 1. The van der Waals surface area contributed by atoms with Gasteiger partial charge in [0.25, 0.3) is 0 Å². The summed E-state index contributed by atoms with van der Waals surface area (Å²) in [5, 5.41) is 0. The van der Waals surface area contributed by atoms with E-state index in [1.165, 1.54) is 12.2 Å². The van der Waals surface area contributed by atoms with E-state index in [9.17, 15) is 0 Å².